The van der Waals surface area contributed by atoms with E-state index < -0.39 is 21.2 Å². The highest BCUT2D eigenvalue weighted by molar-refractivity contribution is 7.90. The van der Waals surface area contributed by atoms with Crippen molar-refractivity contribution in [1.29, 1.82) is 0 Å². The Labute approximate surface area is 120 Å². The average molecular weight is 298 g/mol. The van der Waals surface area contributed by atoms with E-state index in [4.69, 9.17) is 5.11 Å². The molecule has 0 atom stereocenters. The number of rotatable bonds is 7. The van der Waals surface area contributed by atoms with E-state index in [2.05, 4.69) is 0 Å². The first-order valence-corrected chi connectivity index (χ1v) is 8.65. The van der Waals surface area contributed by atoms with Crippen LogP contribution in [0.3, 0.4) is 0 Å². The number of aryl methyl sites for hydroxylation is 1. The van der Waals surface area contributed by atoms with E-state index in [1.165, 1.54) is 6.26 Å². The van der Waals surface area contributed by atoms with Gasteiger partial charge in [0.25, 0.3) is 0 Å². The summed E-state index contributed by atoms with van der Waals surface area (Å²) in [5.74, 6) is -0.672. The van der Waals surface area contributed by atoms with Crippen molar-refractivity contribution in [2.24, 2.45) is 0 Å². The summed E-state index contributed by atoms with van der Waals surface area (Å²) in [6.45, 7) is 3.82. The molecule has 0 saturated carbocycles. The van der Waals surface area contributed by atoms with Gasteiger partial charge in [-0.15, -0.1) is 0 Å². The Hall–Kier alpha value is -1.36. The number of benzene rings is 1. The molecule has 112 valence electrons. The molecule has 0 aliphatic carbocycles. The highest BCUT2D eigenvalue weighted by atomic mass is 32.2. The lowest BCUT2D eigenvalue weighted by Crippen LogP contribution is -2.27. The van der Waals surface area contributed by atoms with Gasteiger partial charge in [-0.05, 0) is 24.0 Å². The van der Waals surface area contributed by atoms with E-state index >= 15 is 0 Å². The van der Waals surface area contributed by atoms with E-state index in [0.29, 0.717) is 6.42 Å². The highest BCUT2D eigenvalue weighted by Crippen LogP contribution is 2.25. The van der Waals surface area contributed by atoms with Crippen molar-refractivity contribution in [1.82, 2.24) is 0 Å². The Bertz CT molecular complexity index is 556. The van der Waals surface area contributed by atoms with Crippen LogP contribution in [0, 0.1) is 0 Å². The van der Waals surface area contributed by atoms with E-state index in [1.54, 1.807) is 0 Å². The van der Waals surface area contributed by atoms with Crippen LogP contribution in [0.5, 0.6) is 0 Å². The largest absolute Gasteiger partial charge is 0.481 e. The van der Waals surface area contributed by atoms with Crippen LogP contribution in [0.1, 0.15) is 37.8 Å². The molecule has 0 aromatic heterocycles. The van der Waals surface area contributed by atoms with Gasteiger partial charge < -0.3 is 5.11 Å². The smallest absolute Gasteiger partial charge is 0.303 e. The molecule has 1 rings (SSSR count). The fourth-order valence-corrected chi connectivity index (χ4v) is 3.78. The lowest BCUT2D eigenvalue weighted by atomic mass is 9.86. The summed E-state index contributed by atoms with van der Waals surface area (Å²) in [6.07, 6.45) is 2.75. The van der Waals surface area contributed by atoms with Gasteiger partial charge >= 0.3 is 5.97 Å². The molecular weight excluding hydrogens is 276 g/mol. The Morgan fingerprint density at radius 3 is 2.20 bits per heavy atom. The third-order valence-electron chi connectivity index (χ3n) is 3.21. The van der Waals surface area contributed by atoms with Crippen LogP contribution in [0.25, 0.3) is 0 Å². The molecule has 20 heavy (non-hydrogen) atoms. The minimum absolute atomic E-state index is 0.109. The Kier molecular flexibility index (Phi) is 5.34. The zero-order valence-electron chi connectivity index (χ0n) is 12.2. The minimum atomic E-state index is -3.03. The maximum Gasteiger partial charge on any atom is 0.303 e. The van der Waals surface area contributed by atoms with Crippen molar-refractivity contribution < 1.29 is 18.3 Å². The Morgan fingerprint density at radius 1 is 1.20 bits per heavy atom. The van der Waals surface area contributed by atoms with Crippen molar-refractivity contribution in [2.45, 2.75) is 38.5 Å². The summed E-state index contributed by atoms with van der Waals surface area (Å²) in [5, 5.41) is 8.59. The Balaban J connectivity index is 2.73. The Morgan fingerprint density at radius 2 is 1.75 bits per heavy atom. The van der Waals surface area contributed by atoms with Crippen molar-refractivity contribution in [3.05, 3.63) is 35.4 Å². The third kappa shape index (κ3) is 5.74. The van der Waals surface area contributed by atoms with Crippen LogP contribution in [0.15, 0.2) is 24.3 Å². The minimum Gasteiger partial charge on any atom is -0.481 e. The van der Waals surface area contributed by atoms with Crippen LogP contribution >= 0.6 is 0 Å². The van der Waals surface area contributed by atoms with E-state index in [0.717, 1.165) is 17.5 Å². The number of aliphatic carboxylic acids is 1. The molecule has 0 heterocycles. The van der Waals surface area contributed by atoms with Crippen molar-refractivity contribution >= 4 is 15.8 Å². The van der Waals surface area contributed by atoms with Gasteiger partial charge in [-0.1, -0.05) is 38.1 Å². The number of sulfone groups is 1. The van der Waals surface area contributed by atoms with Crippen molar-refractivity contribution in [3.63, 3.8) is 0 Å². The van der Waals surface area contributed by atoms with Crippen LogP contribution in [-0.4, -0.2) is 31.5 Å². The van der Waals surface area contributed by atoms with Gasteiger partial charge in [0.05, 0.1) is 5.75 Å². The molecule has 0 aliphatic rings. The van der Waals surface area contributed by atoms with E-state index in [-0.39, 0.29) is 12.2 Å². The molecule has 4 nitrogen and oxygen atoms in total. The summed E-state index contributed by atoms with van der Waals surface area (Å²) in [7, 11) is -3.03. The standard InChI is InChI=1S/C15H22O4S/c1-15(2,11-20(3,18)19)13-9-7-12(8-10-13)5-4-6-14(16)17/h7-10H,4-6,11H2,1-3H3,(H,16,17). The molecule has 0 unspecified atom stereocenters. The number of carbonyl (C=O) groups is 1. The summed E-state index contributed by atoms with van der Waals surface area (Å²) < 4.78 is 22.9. The maximum absolute atomic E-state index is 11.4. The number of carboxylic acids is 1. The molecule has 1 N–H and O–H groups in total. The quantitative estimate of drug-likeness (QED) is 0.839. The van der Waals surface area contributed by atoms with Crippen LogP contribution in [0.4, 0.5) is 0 Å². The predicted molar refractivity (Wildman–Crippen MR) is 79.8 cm³/mol. The number of hydrogen-bond acceptors (Lipinski definition) is 3. The zero-order chi connectivity index (χ0) is 15.4. The predicted octanol–water partition coefficient (Wildman–Crippen LogP) is 2.42. The van der Waals surface area contributed by atoms with Crippen molar-refractivity contribution in [2.75, 3.05) is 12.0 Å². The third-order valence-corrected chi connectivity index (χ3v) is 4.46. The molecule has 0 radical (unpaired) electrons. The molecule has 0 spiro atoms. The molecule has 1 aromatic carbocycles. The summed E-state index contributed by atoms with van der Waals surface area (Å²) in [4.78, 5) is 10.5. The van der Waals surface area contributed by atoms with Crippen LogP contribution in [-0.2, 0) is 26.5 Å². The van der Waals surface area contributed by atoms with E-state index in [9.17, 15) is 13.2 Å². The van der Waals surface area contributed by atoms with Gasteiger partial charge in [0.2, 0.25) is 0 Å². The number of carboxylic acid groups (broad SMARTS) is 1. The molecule has 0 amide bonds. The molecule has 5 heteroatoms. The summed E-state index contributed by atoms with van der Waals surface area (Å²) in [6, 6.07) is 7.75. The maximum atomic E-state index is 11.4. The first kappa shape index (κ1) is 16.7. The fourth-order valence-electron chi connectivity index (χ4n) is 2.31. The molecule has 0 bridgehead atoms. The second-order valence-electron chi connectivity index (χ2n) is 5.90. The van der Waals surface area contributed by atoms with Crippen molar-refractivity contribution in [3.8, 4) is 0 Å². The normalized spacial score (nSPS) is 12.3. The average Bonchev–Trinajstić information content (AvgIpc) is 2.26. The summed E-state index contributed by atoms with van der Waals surface area (Å²) >= 11 is 0. The van der Waals surface area contributed by atoms with Crippen LogP contribution < -0.4 is 0 Å². The van der Waals surface area contributed by atoms with Gasteiger partial charge in [-0.3, -0.25) is 4.79 Å². The first-order chi connectivity index (χ1) is 9.10. The lowest BCUT2D eigenvalue weighted by molar-refractivity contribution is -0.137. The molecule has 1 aromatic rings. The summed E-state index contributed by atoms with van der Waals surface area (Å²) in [5.41, 5.74) is 1.63. The van der Waals surface area contributed by atoms with Gasteiger partial charge in [0, 0.05) is 18.1 Å². The second-order valence-corrected chi connectivity index (χ2v) is 8.04. The highest BCUT2D eigenvalue weighted by Gasteiger charge is 2.25. The van der Waals surface area contributed by atoms with Gasteiger partial charge in [-0.25, -0.2) is 8.42 Å². The molecule has 0 fully saturated rings. The zero-order valence-corrected chi connectivity index (χ0v) is 13.0. The lowest BCUT2D eigenvalue weighted by Gasteiger charge is -2.24. The molecule has 0 aliphatic heterocycles. The SMILES string of the molecule is CC(C)(CS(C)(=O)=O)c1ccc(CCCC(=O)O)cc1. The van der Waals surface area contributed by atoms with Gasteiger partial charge in [-0.2, -0.15) is 0 Å². The topological polar surface area (TPSA) is 71.4 Å². The van der Waals surface area contributed by atoms with Crippen LogP contribution in [0.2, 0.25) is 0 Å². The van der Waals surface area contributed by atoms with Gasteiger partial charge in [0.1, 0.15) is 9.84 Å². The number of hydrogen-bond donors (Lipinski definition) is 1. The first-order valence-electron chi connectivity index (χ1n) is 6.59. The second kappa shape index (κ2) is 6.39. The molecular formula is C15H22O4S. The van der Waals surface area contributed by atoms with Gasteiger partial charge in [0.15, 0.2) is 0 Å². The monoisotopic (exact) mass is 298 g/mol. The fraction of sp³-hybridized carbons (Fsp3) is 0.533. The van der Waals surface area contributed by atoms with E-state index in [1.807, 2.05) is 38.1 Å². The molecule has 0 saturated heterocycles.